The summed E-state index contributed by atoms with van der Waals surface area (Å²) in [7, 11) is 0. The standard InChI is InChI=1S/C11H26N4O2/c1-4-16-8-5-6-13-11(15-12)14-7-9-17-10(2)3/h10H,4-9,12H2,1-3H3,(H2,13,14,15). The van der Waals surface area contributed by atoms with Gasteiger partial charge in [-0.2, -0.15) is 0 Å². The van der Waals surface area contributed by atoms with Crippen LogP contribution in [-0.2, 0) is 9.47 Å². The summed E-state index contributed by atoms with van der Waals surface area (Å²) in [5.74, 6) is 5.93. The van der Waals surface area contributed by atoms with Gasteiger partial charge in [0.15, 0.2) is 0 Å². The van der Waals surface area contributed by atoms with E-state index in [9.17, 15) is 0 Å². The molecule has 0 saturated heterocycles. The van der Waals surface area contributed by atoms with E-state index in [2.05, 4.69) is 15.7 Å². The topological polar surface area (TPSA) is 80.9 Å². The van der Waals surface area contributed by atoms with Crippen LogP contribution in [0.25, 0.3) is 0 Å². The van der Waals surface area contributed by atoms with Crippen molar-refractivity contribution in [3.63, 3.8) is 0 Å². The fourth-order valence-corrected chi connectivity index (χ4v) is 1.12. The fourth-order valence-electron chi connectivity index (χ4n) is 1.12. The molecule has 0 bridgehead atoms. The Balaban J connectivity index is 3.56. The first-order chi connectivity index (χ1) is 8.20. The molecule has 17 heavy (non-hydrogen) atoms. The van der Waals surface area contributed by atoms with Gasteiger partial charge >= 0.3 is 0 Å². The van der Waals surface area contributed by atoms with Crippen LogP contribution in [-0.4, -0.2) is 45.0 Å². The van der Waals surface area contributed by atoms with Crippen LogP contribution >= 0.6 is 0 Å². The predicted molar refractivity (Wildman–Crippen MR) is 69.8 cm³/mol. The molecule has 0 spiro atoms. The highest BCUT2D eigenvalue weighted by Gasteiger charge is 1.96. The maximum absolute atomic E-state index is 5.39. The van der Waals surface area contributed by atoms with Crippen LogP contribution in [0, 0.1) is 0 Å². The van der Waals surface area contributed by atoms with E-state index in [1.165, 1.54) is 0 Å². The van der Waals surface area contributed by atoms with Crippen molar-refractivity contribution in [3.8, 4) is 0 Å². The second-order valence-electron chi connectivity index (χ2n) is 3.77. The second-order valence-corrected chi connectivity index (χ2v) is 3.77. The number of ether oxygens (including phenoxy) is 2. The van der Waals surface area contributed by atoms with Crippen molar-refractivity contribution < 1.29 is 9.47 Å². The molecule has 0 aromatic rings. The Kier molecular flexibility index (Phi) is 11.0. The zero-order chi connectivity index (χ0) is 12.9. The third kappa shape index (κ3) is 11.4. The fraction of sp³-hybridized carbons (Fsp3) is 0.909. The molecule has 4 N–H and O–H groups in total. The zero-order valence-electron chi connectivity index (χ0n) is 11.2. The third-order valence-electron chi connectivity index (χ3n) is 1.90. The Morgan fingerprint density at radius 3 is 2.71 bits per heavy atom. The number of guanidine groups is 1. The minimum absolute atomic E-state index is 0.245. The van der Waals surface area contributed by atoms with E-state index >= 15 is 0 Å². The van der Waals surface area contributed by atoms with Crippen molar-refractivity contribution >= 4 is 5.96 Å². The molecule has 0 unspecified atom stereocenters. The Morgan fingerprint density at radius 1 is 1.35 bits per heavy atom. The molecule has 6 heteroatoms. The molecule has 0 heterocycles. The number of nitrogens with zero attached hydrogens (tertiary/aromatic N) is 1. The summed E-state index contributed by atoms with van der Waals surface area (Å²) in [6, 6.07) is 0. The minimum atomic E-state index is 0.245. The Labute approximate surface area is 104 Å². The zero-order valence-corrected chi connectivity index (χ0v) is 11.2. The smallest absolute Gasteiger partial charge is 0.205 e. The molecular weight excluding hydrogens is 220 g/mol. The molecule has 0 aliphatic carbocycles. The van der Waals surface area contributed by atoms with Crippen molar-refractivity contribution in [1.82, 2.24) is 10.7 Å². The SMILES string of the molecule is CCOCCCN=C(NN)NCCOC(C)C. The lowest BCUT2D eigenvalue weighted by atomic mass is 10.4. The molecule has 0 saturated carbocycles. The summed E-state index contributed by atoms with van der Waals surface area (Å²) in [4.78, 5) is 4.26. The van der Waals surface area contributed by atoms with Gasteiger partial charge in [0.2, 0.25) is 5.96 Å². The van der Waals surface area contributed by atoms with E-state index in [4.69, 9.17) is 15.3 Å². The highest BCUT2D eigenvalue weighted by molar-refractivity contribution is 5.79. The van der Waals surface area contributed by atoms with Gasteiger partial charge in [-0.3, -0.25) is 10.4 Å². The van der Waals surface area contributed by atoms with E-state index in [-0.39, 0.29) is 6.10 Å². The first kappa shape index (κ1) is 16.1. The number of hydrogen-bond acceptors (Lipinski definition) is 4. The number of nitrogens with two attached hydrogens (primary N) is 1. The van der Waals surface area contributed by atoms with E-state index in [1.54, 1.807) is 0 Å². The number of nitrogens with one attached hydrogen (secondary N) is 2. The number of hydrogen-bond donors (Lipinski definition) is 3. The first-order valence-corrected chi connectivity index (χ1v) is 6.15. The average molecular weight is 246 g/mol. The van der Waals surface area contributed by atoms with Crippen molar-refractivity contribution in [1.29, 1.82) is 0 Å². The van der Waals surface area contributed by atoms with Gasteiger partial charge in [-0.25, -0.2) is 5.84 Å². The summed E-state index contributed by atoms with van der Waals surface area (Å²) in [5, 5.41) is 3.06. The summed E-state index contributed by atoms with van der Waals surface area (Å²) in [6.07, 6.45) is 1.14. The molecular formula is C11H26N4O2. The van der Waals surface area contributed by atoms with E-state index in [0.29, 0.717) is 25.7 Å². The summed E-state index contributed by atoms with van der Waals surface area (Å²) < 4.78 is 10.6. The lowest BCUT2D eigenvalue weighted by Gasteiger charge is -2.11. The molecule has 0 aliphatic rings. The quantitative estimate of drug-likeness (QED) is 0.179. The molecule has 0 aliphatic heterocycles. The van der Waals surface area contributed by atoms with Gasteiger partial charge in [-0.15, -0.1) is 0 Å². The van der Waals surface area contributed by atoms with E-state index < -0.39 is 0 Å². The summed E-state index contributed by atoms with van der Waals surface area (Å²) in [5.41, 5.74) is 2.52. The normalized spacial score (nSPS) is 11.9. The average Bonchev–Trinajstić information content (AvgIpc) is 2.31. The predicted octanol–water partition coefficient (Wildman–Crippen LogP) is 0.247. The number of hydrazine groups is 1. The number of aliphatic imine (C=N–C) groups is 1. The maximum atomic E-state index is 5.39. The third-order valence-corrected chi connectivity index (χ3v) is 1.90. The van der Waals surface area contributed by atoms with Crippen LogP contribution in [0.15, 0.2) is 4.99 Å². The van der Waals surface area contributed by atoms with Crippen LogP contribution < -0.4 is 16.6 Å². The van der Waals surface area contributed by atoms with Gasteiger partial charge < -0.3 is 14.8 Å². The van der Waals surface area contributed by atoms with Crippen LogP contribution in [0.5, 0.6) is 0 Å². The van der Waals surface area contributed by atoms with Crippen molar-refractivity contribution in [3.05, 3.63) is 0 Å². The molecule has 0 radical (unpaired) electrons. The van der Waals surface area contributed by atoms with Gasteiger partial charge in [0.25, 0.3) is 0 Å². The number of rotatable bonds is 9. The van der Waals surface area contributed by atoms with Gasteiger partial charge in [0.05, 0.1) is 12.7 Å². The maximum Gasteiger partial charge on any atom is 0.205 e. The molecule has 0 atom stereocenters. The van der Waals surface area contributed by atoms with Crippen molar-refractivity contribution in [2.24, 2.45) is 10.8 Å². The van der Waals surface area contributed by atoms with Gasteiger partial charge in [0.1, 0.15) is 0 Å². The van der Waals surface area contributed by atoms with Crippen LogP contribution in [0.1, 0.15) is 27.2 Å². The molecule has 0 amide bonds. The minimum Gasteiger partial charge on any atom is -0.382 e. The Hall–Kier alpha value is -0.850. The van der Waals surface area contributed by atoms with E-state index in [0.717, 1.165) is 19.6 Å². The monoisotopic (exact) mass is 246 g/mol. The van der Waals surface area contributed by atoms with Crippen LogP contribution in [0.3, 0.4) is 0 Å². The van der Waals surface area contributed by atoms with Gasteiger partial charge in [-0.05, 0) is 27.2 Å². The lowest BCUT2D eigenvalue weighted by molar-refractivity contribution is 0.0829. The van der Waals surface area contributed by atoms with E-state index in [1.807, 2.05) is 20.8 Å². The highest BCUT2D eigenvalue weighted by Crippen LogP contribution is 1.86. The summed E-state index contributed by atoms with van der Waals surface area (Å²) in [6.45, 7) is 9.48. The Bertz CT molecular complexity index is 198. The van der Waals surface area contributed by atoms with Crippen molar-refractivity contribution in [2.45, 2.75) is 33.3 Å². The molecule has 102 valence electrons. The van der Waals surface area contributed by atoms with Gasteiger partial charge in [0, 0.05) is 26.3 Å². The summed E-state index contributed by atoms with van der Waals surface area (Å²) >= 11 is 0. The lowest BCUT2D eigenvalue weighted by Crippen LogP contribution is -2.43. The van der Waals surface area contributed by atoms with Crippen LogP contribution in [0.4, 0.5) is 0 Å². The molecule has 0 rings (SSSR count). The molecule has 0 aromatic heterocycles. The van der Waals surface area contributed by atoms with Crippen LogP contribution in [0.2, 0.25) is 0 Å². The van der Waals surface area contributed by atoms with Gasteiger partial charge in [-0.1, -0.05) is 0 Å². The molecule has 0 aromatic carbocycles. The first-order valence-electron chi connectivity index (χ1n) is 6.15. The largest absolute Gasteiger partial charge is 0.382 e. The van der Waals surface area contributed by atoms with Crippen molar-refractivity contribution in [2.75, 3.05) is 32.9 Å². The molecule has 6 nitrogen and oxygen atoms in total. The highest BCUT2D eigenvalue weighted by atomic mass is 16.5. The molecule has 0 fully saturated rings. The Morgan fingerprint density at radius 2 is 2.12 bits per heavy atom. The second kappa shape index (κ2) is 11.6.